The van der Waals surface area contributed by atoms with E-state index >= 15 is 0 Å². The second-order valence-electron chi connectivity index (χ2n) is 5.97. The highest BCUT2D eigenvalue weighted by Crippen LogP contribution is 2.39. The van der Waals surface area contributed by atoms with Crippen LogP contribution >= 0.6 is 11.2 Å². The van der Waals surface area contributed by atoms with Crippen LogP contribution in [0, 0.1) is 0 Å². The van der Waals surface area contributed by atoms with E-state index in [4.69, 9.17) is 8.92 Å². The van der Waals surface area contributed by atoms with Gasteiger partial charge in [0.1, 0.15) is 0 Å². The SMILES string of the molecule is COC(=O)[C@@H](Cc1ccccc1)n1cc(C[SH](OC)c2ccccc2)nn1. The van der Waals surface area contributed by atoms with Gasteiger partial charge in [-0.05, 0) is 17.7 Å². The molecule has 3 aromatic rings. The minimum absolute atomic E-state index is 0.340. The molecular weight excluding hydrogens is 362 g/mol. The summed E-state index contributed by atoms with van der Waals surface area (Å²) in [5, 5.41) is 8.43. The van der Waals surface area contributed by atoms with Crippen LogP contribution in [0.1, 0.15) is 17.3 Å². The monoisotopic (exact) mass is 385 g/mol. The molecule has 0 aliphatic rings. The first-order chi connectivity index (χ1) is 13.2. The van der Waals surface area contributed by atoms with Crippen molar-refractivity contribution >= 4 is 17.1 Å². The fourth-order valence-electron chi connectivity index (χ4n) is 2.80. The number of thiol groups is 1. The zero-order chi connectivity index (χ0) is 19.1. The van der Waals surface area contributed by atoms with Crippen LogP contribution in [0.4, 0.5) is 0 Å². The minimum atomic E-state index is -0.835. The third-order valence-electron chi connectivity index (χ3n) is 4.19. The summed E-state index contributed by atoms with van der Waals surface area (Å²) in [6.45, 7) is 0. The van der Waals surface area contributed by atoms with E-state index < -0.39 is 17.2 Å². The first kappa shape index (κ1) is 19.1. The van der Waals surface area contributed by atoms with Crippen molar-refractivity contribution in [2.75, 3.05) is 14.2 Å². The average molecular weight is 385 g/mol. The first-order valence-electron chi connectivity index (χ1n) is 8.60. The smallest absolute Gasteiger partial charge is 0.331 e. The van der Waals surface area contributed by atoms with E-state index in [1.807, 2.05) is 66.9 Å². The van der Waals surface area contributed by atoms with Gasteiger partial charge in [-0.15, -0.1) is 16.3 Å². The van der Waals surface area contributed by atoms with E-state index in [1.165, 1.54) is 7.11 Å². The number of carbonyl (C=O) groups is 1. The Balaban J connectivity index is 1.78. The van der Waals surface area contributed by atoms with Gasteiger partial charge < -0.3 is 8.92 Å². The van der Waals surface area contributed by atoms with Gasteiger partial charge in [-0.2, -0.15) is 0 Å². The quantitative estimate of drug-likeness (QED) is 0.476. The molecule has 3 rings (SSSR count). The lowest BCUT2D eigenvalue weighted by molar-refractivity contribution is -0.144. The molecule has 0 bridgehead atoms. The lowest BCUT2D eigenvalue weighted by Crippen LogP contribution is -2.23. The van der Waals surface area contributed by atoms with E-state index in [9.17, 15) is 4.79 Å². The van der Waals surface area contributed by atoms with Gasteiger partial charge in [-0.1, -0.05) is 53.7 Å². The Labute approximate surface area is 161 Å². The van der Waals surface area contributed by atoms with E-state index in [1.54, 1.807) is 11.8 Å². The molecule has 0 aliphatic carbocycles. The van der Waals surface area contributed by atoms with Gasteiger partial charge in [0.25, 0.3) is 0 Å². The van der Waals surface area contributed by atoms with Gasteiger partial charge in [0, 0.05) is 24.2 Å². The average Bonchev–Trinajstić information content (AvgIpc) is 3.19. The molecule has 0 amide bonds. The van der Waals surface area contributed by atoms with Gasteiger partial charge in [-0.25, -0.2) is 9.48 Å². The second-order valence-corrected chi connectivity index (χ2v) is 7.93. The summed E-state index contributed by atoms with van der Waals surface area (Å²) in [5.74, 6) is 0.294. The summed E-state index contributed by atoms with van der Waals surface area (Å²) in [7, 11) is 3.09. The normalized spacial score (nSPS) is 13.8. The van der Waals surface area contributed by atoms with Crippen LogP contribution in [-0.4, -0.2) is 35.2 Å². The molecule has 0 fully saturated rings. The van der Waals surface area contributed by atoms with Gasteiger partial charge in [-0.3, -0.25) is 0 Å². The molecule has 2 aromatic carbocycles. The zero-order valence-corrected chi connectivity index (χ0v) is 16.3. The van der Waals surface area contributed by atoms with Crippen LogP contribution in [0.15, 0.2) is 71.8 Å². The molecule has 0 N–H and O–H groups in total. The van der Waals surface area contributed by atoms with E-state index in [0.717, 1.165) is 16.2 Å². The Hall–Kier alpha value is -2.64. The Kier molecular flexibility index (Phi) is 6.62. The third kappa shape index (κ3) is 4.96. The molecule has 0 spiro atoms. The van der Waals surface area contributed by atoms with E-state index in [-0.39, 0.29) is 5.97 Å². The van der Waals surface area contributed by atoms with Gasteiger partial charge in [0.05, 0.1) is 19.0 Å². The van der Waals surface area contributed by atoms with Crippen LogP contribution < -0.4 is 0 Å². The van der Waals surface area contributed by atoms with E-state index in [0.29, 0.717) is 12.2 Å². The Bertz CT molecular complexity index is 855. The molecular formula is C20H23N3O3S. The first-order valence-corrected chi connectivity index (χ1v) is 10.0. The van der Waals surface area contributed by atoms with Crippen molar-refractivity contribution < 1.29 is 13.7 Å². The standard InChI is InChI=1S/C20H23N3O3S/c1-25-20(24)19(13-16-9-5-3-6-10-16)23-14-17(21-22-23)15-27(26-2)18-11-7-4-8-12-18/h3-12,14,19,27H,13,15H2,1-2H3/t19-/m1/s1. The summed E-state index contributed by atoms with van der Waals surface area (Å²) >= 11 is -0.835. The third-order valence-corrected chi connectivity index (χ3v) is 6.12. The number of esters is 1. The van der Waals surface area contributed by atoms with Crippen molar-refractivity contribution in [3.05, 3.63) is 78.1 Å². The molecule has 0 aliphatic heterocycles. The number of benzene rings is 2. The van der Waals surface area contributed by atoms with Crippen molar-refractivity contribution in [1.29, 1.82) is 0 Å². The van der Waals surface area contributed by atoms with Crippen molar-refractivity contribution in [3.63, 3.8) is 0 Å². The van der Waals surface area contributed by atoms with Gasteiger partial charge in [0.15, 0.2) is 6.04 Å². The summed E-state index contributed by atoms with van der Waals surface area (Å²) < 4.78 is 12.2. The maximum atomic E-state index is 12.3. The minimum Gasteiger partial charge on any atom is -0.467 e. The lowest BCUT2D eigenvalue weighted by atomic mass is 10.1. The Morgan fingerprint density at radius 3 is 2.37 bits per heavy atom. The summed E-state index contributed by atoms with van der Waals surface area (Å²) in [6.07, 6.45) is 2.30. The van der Waals surface area contributed by atoms with Crippen LogP contribution in [0.3, 0.4) is 0 Å². The van der Waals surface area contributed by atoms with Gasteiger partial charge >= 0.3 is 5.97 Å². The summed E-state index contributed by atoms with van der Waals surface area (Å²) in [5.41, 5.74) is 1.82. The molecule has 1 heterocycles. The number of ether oxygens (including phenoxy) is 1. The highest BCUT2D eigenvalue weighted by atomic mass is 32.2. The highest BCUT2D eigenvalue weighted by Gasteiger charge is 2.24. The summed E-state index contributed by atoms with van der Waals surface area (Å²) in [6, 6.07) is 19.3. The van der Waals surface area contributed by atoms with Crippen LogP contribution in [0.2, 0.25) is 0 Å². The number of hydrogen-bond acceptors (Lipinski definition) is 5. The van der Waals surface area contributed by atoms with E-state index in [2.05, 4.69) is 10.3 Å². The number of carbonyl (C=O) groups excluding carboxylic acids is 1. The molecule has 0 saturated carbocycles. The number of hydrogen-bond donors (Lipinski definition) is 1. The molecule has 142 valence electrons. The molecule has 6 nitrogen and oxygen atoms in total. The molecule has 27 heavy (non-hydrogen) atoms. The van der Waals surface area contributed by atoms with Crippen LogP contribution in [0.5, 0.6) is 0 Å². The summed E-state index contributed by atoms with van der Waals surface area (Å²) in [4.78, 5) is 13.4. The van der Waals surface area contributed by atoms with Crippen molar-refractivity contribution in [2.24, 2.45) is 0 Å². The maximum Gasteiger partial charge on any atom is 0.331 e. The number of aromatic nitrogens is 3. The number of rotatable bonds is 8. The molecule has 0 saturated heterocycles. The maximum absolute atomic E-state index is 12.3. The highest BCUT2D eigenvalue weighted by molar-refractivity contribution is 8.12. The lowest BCUT2D eigenvalue weighted by Gasteiger charge is -2.18. The zero-order valence-electron chi connectivity index (χ0n) is 15.4. The number of methoxy groups -OCH3 is 1. The molecule has 1 unspecified atom stereocenters. The second kappa shape index (κ2) is 9.34. The van der Waals surface area contributed by atoms with Crippen LogP contribution in [-0.2, 0) is 25.9 Å². The van der Waals surface area contributed by atoms with Crippen molar-refractivity contribution in [1.82, 2.24) is 15.0 Å². The topological polar surface area (TPSA) is 66.2 Å². The number of nitrogens with zero attached hydrogens (tertiary/aromatic N) is 3. The predicted octanol–water partition coefficient (Wildman–Crippen LogP) is 3.36. The predicted molar refractivity (Wildman–Crippen MR) is 106 cm³/mol. The Morgan fingerprint density at radius 2 is 1.74 bits per heavy atom. The van der Waals surface area contributed by atoms with Crippen LogP contribution in [0.25, 0.3) is 0 Å². The fraction of sp³-hybridized carbons (Fsp3) is 0.250. The molecule has 7 heteroatoms. The van der Waals surface area contributed by atoms with Crippen molar-refractivity contribution in [3.8, 4) is 0 Å². The Morgan fingerprint density at radius 1 is 1.07 bits per heavy atom. The fourth-order valence-corrected chi connectivity index (χ4v) is 4.27. The van der Waals surface area contributed by atoms with Gasteiger partial charge in [0.2, 0.25) is 0 Å². The molecule has 2 atom stereocenters. The van der Waals surface area contributed by atoms with Crippen molar-refractivity contribution in [2.45, 2.75) is 23.1 Å². The molecule has 0 radical (unpaired) electrons. The molecule has 1 aromatic heterocycles. The largest absolute Gasteiger partial charge is 0.467 e.